The van der Waals surface area contributed by atoms with E-state index < -0.39 is 6.10 Å². The zero-order valence-electron chi connectivity index (χ0n) is 8.86. The van der Waals surface area contributed by atoms with Crippen molar-refractivity contribution in [3.63, 3.8) is 0 Å². The highest BCUT2D eigenvalue weighted by Crippen LogP contribution is 2.46. The third-order valence-corrected chi connectivity index (χ3v) is 3.77. The molecule has 0 fully saturated rings. The molecule has 1 aromatic rings. The molecule has 1 N–H and O–H groups in total. The molecule has 16 heavy (non-hydrogen) atoms. The summed E-state index contributed by atoms with van der Waals surface area (Å²) in [6.07, 6.45) is -0.474. The molecule has 0 saturated carbocycles. The number of hydrogen-bond donors (Lipinski definition) is 1. The Balaban J connectivity index is 2.18. The van der Waals surface area contributed by atoms with E-state index in [0.29, 0.717) is 12.3 Å². The summed E-state index contributed by atoms with van der Waals surface area (Å²) in [5.74, 6) is 1.47. The lowest BCUT2D eigenvalue weighted by Crippen LogP contribution is -2.30. The van der Waals surface area contributed by atoms with Crippen LogP contribution in [-0.2, 0) is 6.54 Å². The van der Waals surface area contributed by atoms with Crippen molar-refractivity contribution in [1.82, 2.24) is 4.90 Å². The van der Waals surface area contributed by atoms with Gasteiger partial charge in [-0.1, -0.05) is 0 Å². The Bertz CT molecular complexity index is 449. The molecule has 3 rings (SSSR count). The molecule has 0 aromatic heterocycles. The van der Waals surface area contributed by atoms with E-state index in [1.165, 1.54) is 0 Å². The quantitative estimate of drug-likeness (QED) is 0.787. The maximum atomic E-state index is 10.1. The summed E-state index contributed by atoms with van der Waals surface area (Å²) in [5.41, 5.74) is 2.03. The molecule has 0 radical (unpaired) electrons. The molecular formula is C11H12BrNO3. The molecule has 0 unspecified atom stereocenters. The lowest BCUT2D eigenvalue weighted by molar-refractivity contribution is 0.107. The molecule has 0 amide bonds. The SMILES string of the molecule is CN1Cc2cc3c(c(Br)c2[C@H](O)C1)OCO3. The Morgan fingerprint density at radius 3 is 3.12 bits per heavy atom. The van der Waals surface area contributed by atoms with Gasteiger partial charge in [0.2, 0.25) is 6.79 Å². The summed E-state index contributed by atoms with van der Waals surface area (Å²) in [6.45, 7) is 1.72. The van der Waals surface area contributed by atoms with E-state index in [1.54, 1.807) is 0 Å². The van der Waals surface area contributed by atoms with E-state index in [2.05, 4.69) is 20.8 Å². The minimum atomic E-state index is -0.474. The lowest BCUT2D eigenvalue weighted by atomic mass is 9.97. The molecule has 0 saturated heterocycles. The molecule has 0 bridgehead atoms. The Morgan fingerprint density at radius 2 is 2.31 bits per heavy atom. The van der Waals surface area contributed by atoms with E-state index in [0.717, 1.165) is 27.9 Å². The number of nitrogens with zero attached hydrogens (tertiary/aromatic N) is 1. The summed E-state index contributed by atoms with van der Waals surface area (Å²) in [7, 11) is 1.99. The van der Waals surface area contributed by atoms with Crippen LogP contribution in [0.1, 0.15) is 17.2 Å². The number of aliphatic hydroxyl groups excluding tert-OH is 1. The average Bonchev–Trinajstić information content (AvgIpc) is 2.64. The van der Waals surface area contributed by atoms with Gasteiger partial charge in [-0.3, -0.25) is 4.90 Å². The van der Waals surface area contributed by atoms with E-state index in [1.807, 2.05) is 13.1 Å². The molecule has 1 atom stereocenters. The smallest absolute Gasteiger partial charge is 0.231 e. The summed E-state index contributed by atoms with van der Waals surface area (Å²) in [5, 5.41) is 10.1. The number of halogens is 1. The van der Waals surface area contributed by atoms with Gasteiger partial charge in [0.05, 0.1) is 10.6 Å². The lowest BCUT2D eigenvalue weighted by Gasteiger charge is -2.30. The summed E-state index contributed by atoms with van der Waals surface area (Å²) >= 11 is 3.49. The van der Waals surface area contributed by atoms with Crippen molar-refractivity contribution >= 4 is 15.9 Å². The van der Waals surface area contributed by atoms with Gasteiger partial charge in [-0.2, -0.15) is 0 Å². The maximum Gasteiger partial charge on any atom is 0.231 e. The van der Waals surface area contributed by atoms with Crippen LogP contribution in [0.2, 0.25) is 0 Å². The van der Waals surface area contributed by atoms with Gasteiger partial charge in [0, 0.05) is 18.7 Å². The first-order valence-corrected chi connectivity index (χ1v) is 5.93. The van der Waals surface area contributed by atoms with E-state index in [9.17, 15) is 5.11 Å². The minimum Gasteiger partial charge on any atom is -0.454 e. The van der Waals surface area contributed by atoms with Crippen molar-refractivity contribution in [3.05, 3.63) is 21.7 Å². The van der Waals surface area contributed by atoms with Crippen LogP contribution in [0.4, 0.5) is 0 Å². The number of hydrogen-bond acceptors (Lipinski definition) is 4. The van der Waals surface area contributed by atoms with Gasteiger partial charge in [-0.15, -0.1) is 0 Å². The minimum absolute atomic E-state index is 0.253. The van der Waals surface area contributed by atoms with Crippen molar-refractivity contribution in [2.45, 2.75) is 12.6 Å². The summed E-state index contributed by atoms with van der Waals surface area (Å²) in [6, 6.07) is 1.96. The van der Waals surface area contributed by atoms with Crippen molar-refractivity contribution < 1.29 is 14.6 Å². The van der Waals surface area contributed by atoms with Crippen molar-refractivity contribution in [2.75, 3.05) is 20.4 Å². The highest BCUT2D eigenvalue weighted by molar-refractivity contribution is 9.10. The zero-order valence-corrected chi connectivity index (χ0v) is 10.5. The fourth-order valence-corrected chi connectivity index (χ4v) is 3.13. The standard InChI is InChI=1S/C11H12BrNO3/c1-13-3-6-2-8-11(16-5-15-8)10(12)9(6)7(14)4-13/h2,7,14H,3-5H2,1H3/t7-/m1/s1. The molecule has 2 aliphatic heterocycles. The van der Waals surface area contributed by atoms with Crippen LogP contribution < -0.4 is 9.47 Å². The third-order valence-electron chi connectivity index (χ3n) is 2.99. The number of likely N-dealkylation sites (N-methyl/N-ethyl adjacent to an activating group) is 1. The Morgan fingerprint density at radius 1 is 1.50 bits per heavy atom. The molecule has 2 aliphatic rings. The van der Waals surface area contributed by atoms with Gasteiger partial charge in [0.1, 0.15) is 0 Å². The molecule has 0 aliphatic carbocycles. The van der Waals surface area contributed by atoms with Crippen LogP contribution in [0.5, 0.6) is 11.5 Å². The van der Waals surface area contributed by atoms with Gasteiger partial charge in [0.15, 0.2) is 11.5 Å². The molecular weight excluding hydrogens is 274 g/mol. The molecule has 1 aromatic carbocycles. The first-order valence-electron chi connectivity index (χ1n) is 5.14. The largest absolute Gasteiger partial charge is 0.454 e. The van der Waals surface area contributed by atoms with E-state index >= 15 is 0 Å². The molecule has 5 heteroatoms. The first-order chi connectivity index (χ1) is 7.66. The number of benzene rings is 1. The van der Waals surface area contributed by atoms with Gasteiger partial charge < -0.3 is 14.6 Å². The second-order valence-corrected chi connectivity index (χ2v) is 5.00. The van der Waals surface area contributed by atoms with Crippen LogP contribution in [0, 0.1) is 0 Å². The highest BCUT2D eigenvalue weighted by Gasteiger charge is 2.30. The van der Waals surface area contributed by atoms with E-state index in [-0.39, 0.29) is 6.79 Å². The van der Waals surface area contributed by atoms with Gasteiger partial charge in [-0.25, -0.2) is 0 Å². The third kappa shape index (κ3) is 1.43. The maximum absolute atomic E-state index is 10.1. The fraction of sp³-hybridized carbons (Fsp3) is 0.455. The average molecular weight is 286 g/mol. The fourth-order valence-electron chi connectivity index (χ4n) is 2.30. The van der Waals surface area contributed by atoms with Crippen LogP contribution in [0.3, 0.4) is 0 Å². The van der Waals surface area contributed by atoms with Gasteiger partial charge >= 0.3 is 0 Å². The van der Waals surface area contributed by atoms with Crippen LogP contribution >= 0.6 is 15.9 Å². The van der Waals surface area contributed by atoms with Gasteiger partial charge in [0.25, 0.3) is 0 Å². The van der Waals surface area contributed by atoms with E-state index in [4.69, 9.17) is 9.47 Å². The normalized spacial score (nSPS) is 23.3. The molecule has 86 valence electrons. The number of β-amino-alcohol motifs (C(OH)–C–C–N with tert-alkyl or cyclic N) is 1. The molecule has 2 heterocycles. The second-order valence-electron chi connectivity index (χ2n) is 4.21. The Hall–Kier alpha value is -0.780. The predicted octanol–water partition coefficient (Wildman–Crippen LogP) is 1.66. The first kappa shape index (κ1) is 10.4. The topological polar surface area (TPSA) is 41.9 Å². The van der Waals surface area contributed by atoms with Crippen molar-refractivity contribution in [2.24, 2.45) is 0 Å². The van der Waals surface area contributed by atoms with Crippen LogP contribution in [0.25, 0.3) is 0 Å². The second kappa shape index (κ2) is 3.61. The highest BCUT2D eigenvalue weighted by atomic mass is 79.9. The van der Waals surface area contributed by atoms with Crippen molar-refractivity contribution in [1.29, 1.82) is 0 Å². The number of ether oxygens (including phenoxy) is 2. The zero-order chi connectivity index (χ0) is 11.3. The Kier molecular flexibility index (Phi) is 2.34. The monoisotopic (exact) mass is 285 g/mol. The molecule has 4 nitrogen and oxygen atoms in total. The van der Waals surface area contributed by atoms with Crippen LogP contribution in [0.15, 0.2) is 10.5 Å². The Labute approximate surface area is 102 Å². The number of fused-ring (bicyclic) bond motifs is 2. The van der Waals surface area contributed by atoms with Gasteiger partial charge in [-0.05, 0) is 34.6 Å². The summed E-state index contributed by atoms with van der Waals surface area (Å²) in [4.78, 5) is 2.08. The van der Waals surface area contributed by atoms with Crippen molar-refractivity contribution in [3.8, 4) is 11.5 Å². The predicted molar refractivity (Wildman–Crippen MR) is 61.6 cm³/mol. The van der Waals surface area contributed by atoms with Crippen LogP contribution in [-0.4, -0.2) is 30.4 Å². The number of aliphatic hydroxyl groups is 1. The molecule has 0 spiro atoms. The number of rotatable bonds is 0. The summed E-state index contributed by atoms with van der Waals surface area (Å²) < 4.78 is 11.6.